The van der Waals surface area contributed by atoms with Crippen LogP contribution in [0.5, 0.6) is 0 Å². The van der Waals surface area contributed by atoms with Crippen molar-refractivity contribution in [2.24, 2.45) is 0 Å². The zero-order chi connectivity index (χ0) is 12.4. The van der Waals surface area contributed by atoms with Gasteiger partial charge >= 0.3 is 11.9 Å². The molecule has 4 heteroatoms. The minimum atomic E-state index is -1.15. The van der Waals surface area contributed by atoms with Crippen LogP contribution in [0.25, 0.3) is 0 Å². The minimum absolute atomic E-state index is 0.150. The number of aliphatic carboxylic acids is 1. The van der Waals surface area contributed by atoms with Crippen molar-refractivity contribution in [1.82, 2.24) is 0 Å². The molecule has 0 saturated carbocycles. The molecule has 0 aliphatic carbocycles. The van der Waals surface area contributed by atoms with Crippen LogP contribution in [0.2, 0.25) is 0 Å². The number of esters is 1. The normalized spacial score (nSPS) is 12.6. The highest BCUT2D eigenvalue weighted by Crippen LogP contribution is 2.08. The van der Waals surface area contributed by atoms with E-state index in [9.17, 15) is 9.59 Å². The van der Waals surface area contributed by atoms with Crippen molar-refractivity contribution in [3.8, 4) is 0 Å². The van der Waals surface area contributed by atoms with Crippen molar-refractivity contribution in [3.05, 3.63) is 12.2 Å². The first-order valence-electron chi connectivity index (χ1n) is 5.68. The number of hydrogen-bond donors (Lipinski definition) is 1. The zero-order valence-electron chi connectivity index (χ0n) is 9.94. The van der Waals surface area contributed by atoms with Gasteiger partial charge in [-0.3, -0.25) is 0 Å². The van der Waals surface area contributed by atoms with E-state index in [4.69, 9.17) is 9.84 Å². The molecule has 16 heavy (non-hydrogen) atoms. The molecule has 0 radical (unpaired) electrons. The Bertz CT molecular complexity index is 245. The summed E-state index contributed by atoms with van der Waals surface area (Å²) in [5, 5.41) is 8.30. The monoisotopic (exact) mass is 228 g/mol. The fourth-order valence-electron chi connectivity index (χ4n) is 1.29. The van der Waals surface area contributed by atoms with E-state index in [1.165, 1.54) is 12.8 Å². The van der Waals surface area contributed by atoms with E-state index >= 15 is 0 Å². The second-order valence-corrected chi connectivity index (χ2v) is 3.77. The largest absolute Gasteiger partial charge is 0.478 e. The molecule has 0 aromatic carbocycles. The van der Waals surface area contributed by atoms with Crippen molar-refractivity contribution < 1.29 is 19.4 Å². The lowest BCUT2D eigenvalue weighted by Crippen LogP contribution is -2.13. The number of carbonyl (C=O) groups is 2. The van der Waals surface area contributed by atoms with Crippen LogP contribution in [0.4, 0.5) is 0 Å². The van der Waals surface area contributed by atoms with Crippen molar-refractivity contribution in [1.29, 1.82) is 0 Å². The highest BCUT2D eigenvalue weighted by molar-refractivity contribution is 5.90. The molecule has 0 spiro atoms. The van der Waals surface area contributed by atoms with E-state index in [0.29, 0.717) is 0 Å². The first-order chi connectivity index (χ1) is 7.56. The molecule has 0 aromatic rings. The lowest BCUT2D eigenvalue weighted by Gasteiger charge is -2.11. The molecule has 1 unspecified atom stereocenters. The van der Waals surface area contributed by atoms with Gasteiger partial charge in [0, 0.05) is 12.2 Å². The van der Waals surface area contributed by atoms with Crippen molar-refractivity contribution >= 4 is 11.9 Å². The van der Waals surface area contributed by atoms with E-state index in [-0.39, 0.29) is 6.10 Å². The van der Waals surface area contributed by atoms with Gasteiger partial charge < -0.3 is 9.84 Å². The second-order valence-electron chi connectivity index (χ2n) is 3.77. The average Bonchev–Trinajstić information content (AvgIpc) is 2.21. The summed E-state index contributed by atoms with van der Waals surface area (Å²) in [6.45, 7) is 3.96. The van der Waals surface area contributed by atoms with Crippen LogP contribution in [0, 0.1) is 0 Å². The number of carbonyl (C=O) groups excluding carboxylic acids is 1. The number of rotatable bonds is 8. The molecule has 0 aromatic heterocycles. The third-order valence-electron chi connectivity index (χ3n) is 2.14. The molecule has 0 bridgehead atoms. The molecule has 0 rings (SSSR count). The van der Waals surface area contributed by atoms with Gasteiger partial charge in [0.2, 0.25) is 0 Å². The summed E-state index contributed by atoms with van der Waals surface area (Å²) in [6, 6.07) is 0. The van der Waals surface area contributed by atoms with Crippen molar-refractivity contribution in [3.63, 3.8) is 0 Å². The van der Waals surface area contributed by atoms with Crippen LogP contribution in [-0.4, -0.2) is 23.1 Å². The van der Waals surface area contributed by atoms with Gasteiger partial charge in [-0.25, -0.2) is 9.59 Å². The third-order valence-corrected chi connectivity index (χ3v) is 2.14. The predicted molar refractivity (Wildman–Crippen MR) is 61.1 cm³/mol. The Morgan fingerprint density at radius 2 is 1.94 bits per heavy atom. The molecule has 1 atom stereocenters. The van der Waals surface area contributed by atoms with E-state index in [0.717, 1.165) is 31.4 Å². The van der Waals surface area contributed by atoms with Crippen LogP contribution in [0.15, 0.2) is 12.2 Å². The maximum Gasteiger partial charge on any atom is 0.331 e. The van der Waals surface area contributed by atoms with Crippen LogP contribution < -0.4 is 0 Å². The first kappa shape index (κ1) is 14.7. The number of carboxylic acid groups (broad SMARTS) is 1. The first-order valence-corrected chi connectivity index (χ1v) is 5.68. The summed E-state index contributed by atoms with van der Waals surface area (Å²) in [4.78, 5) is 21.2. The molecule has 0 aliphatic rings. The van der Waals surface area contributed by atoms with Crippen molar-refractivity contribution in [2.45, 2.75) is 52.1 Å². The van der Waals surface area contributed by atoms with Gasteiger partial charge in [-0.2, -0.15) is 0 Å². The number of carboxylic acids is 1. The van der Waals surface area contributed by atoms with Gasteiger partial charge in [0.05, 0.1) is 6.10 Å². The summed E-state index contributed by atoms with van der Waals surface area (Å²) in [6.07, 6.45) is 6.94. The lowest BCUT2D eigenvalue weighted by molar-refractivity contribution is -0.143. The SMILES string of the molecule is CCCCCCC(C)OC(=O)C=CC(=O)O. The smallest absolute Gasteiger partial charge is 0.331 e. The summed E-state index contributed by atoms with van der Waals surface area (Å²) in [5.41, 5.74) is 0. The Morgan fingerprint density at radius 3 is 2.50 bits per heavy atom. The van der Waals surface area contributed by atoms with Gasteiger partial charge in [0.1, 0.15) is 0 Å². The summed E-state index contributed by atoms with van der Waals surface area (Å²) < 4.78 is 4.99. The van der Waals surface area contributed by atoms with E-state index in [1.54, 1.807) is 0 Å². The Kier molecular flexibility index (Phi) is 8.21. The molecule has 0 saturated heterocycles. The Labute approximate surface area is 96.3 Å². The predicted octanol–water partition coefficient (Wildman–Crippen LogP) is 2.53. The van der Waals surface area contributed by atoms with Gasteiger partial charge in [0.15, 0.2) is 0 Å². The highest BCUT2D eigenvalue weighted by Gasteiger charge is 2.06. The molecule has 92 valence electrons. The summed E-state index contributed by atoms with van der Waals surface area (Å²) in [5.74, 6) is -1.74. The molecular weight excluding hydrogens is 208 g/mol. The quantitative estimate of drug-likeness (QED) is 0.394. The molecule has 0 amide bonds. The fourth-order valence-corrected chi connectivity index (χ4v) is 1.29. The third kappa shape index (κ3) is 9.24. The Hall–Kier alpha value is -1.32. The minimum Gasteiger partial charge on any atom is -0.478 e. The molecule has 1 N–H and O–H groups in total. The maximum absolute atomic E-state index is 11.1. The summed E-state index contributed by atoms with van der Waals surface area (Å²) in [7, 11) is 0. The number of hydrogen-bond acceptors (Lipinski definition) is 3. The molecule has 0 fully saturated rings. The zero-order valence-corrected chi connectivity index (χ0v) is 9.94. The number of unbranched alkanes of at least 4 members (excludes halogenated alkanes) is 3. The Balaban J connectivity index is 3.65. The standard InChI is InChI=1S/C12H20O4/c1-3-4-5-6-7-10(2)16-12(15)9-8-11(13)14/h8-10H,3-7H2,1-2H3,(H,13,14). The average molecular weight is 228 g/mol. The van der Waals surface area contributed by atoms with E-state index in [1.807, 2.05) is 6.92 Å². The lowest BCUT2D eigenvalue weighted by atomic mass is 10.1. The highest BCUT2D eigenvalue weighted by atomic mass is 16.5. The van der Waals surface area contributed by atoms with Crippen LogP contribution in [0.1, 0.15) is 46.0 Å². The number of ether oxygens (including phenoxy) is 1. The van der Waals surface area contributed by atoms with E-state index < -0.39 is 11.9 Å². The van der Waals surface area contributed by atoms with Gasteiger partial charge in [0.25, 0.3) is 0 Å². The van der Waals surface area contributed by atoms with Gasteiger partial charge in [-0.15, -0.1) is 0 Å². The molecule has 4 nitrogen and oxygen atoms in total. The van der Waals surface area contributed by atoms with Crippen molar-refractivity contribution in [2.75, 3.05) is 0 Å². The van der Waals surface area contributed by atoms with E-state index in [2.05, 4.69) is 6.92 Å². The van der Waals surface area contributed by atoms with Crippen LogP contribution in [0.3, 0.4) is 0 Å². The summed E-state index contributed by atoms with van der Waals surface area (Å²) >= 11 is 0. The van der Waals surface area contributed by atoms with Crippen LogP contribution in [-0.2, 0) is 14.3 Å². The Morgan fingerprint density at radius 1 is 1.25 bits per heavy atom. The van der Waals surface area contributed by atoms with Gasteiger partial charge in [-0.1, -0.05) is 26.2 Å². The molecule has 0 heterocycles. The fraction of sp³-hybridized carbons (Fsp3) is 0.667. The van der Waals surface area contributed by atoms with Gasteiger partial charge in [-0.05, 0) is 19.8 Å². The topological polar surface area (TPSA) is 63.6 Å². The second kappa shape index (κ2) is 8.95. The maximum atomic E-state index is 11.1. The molecule has 0 aliphatic heterocycles. The molecular formula is C12H20O4. The van der Waals surface area contributed by atoms with Crippen LogP contribution >= 0.6 is 0 Å².